The second-order valence-electron chi connectivity index (χ2n) is 10.0. The molecule has 2 aliphatic carbocycles. The predicted octanol–water partition coefficient (Wildman–Crippen LogP) is 4.03. The molecule has 37 heavy (non-hydrogen) atoms. The first kappa shape index (κ1) is 26.5. The number of amides is 2. The monoisotopic (exact) mass is 506 g/mol. The summed E-state index contributed by atoms with van der Waals surface area (Å²) in [5, 5.41) is 17.2. The topological polar surface area (TPSA) is 113 Å². The first-order valence-corrected chi connectivity index (χ1v) is 13.2. The van der Waals surface area contributed by atoms with Crippen LogP contribution in [0.15, 0.2) is 42.5 Å². The molecule has 2 aromatic rings. The number of rotatable bonds is 9. The quantitative estimate of drug-likeness (QED) is 0.303. The molecule has 0 saturated heterocycles. The zero-order chi connectivity index (χ0) is 26.2. The standard InChI is InChI=1S/C29H38N4O4/c1-36-25-15-12-20(17-26(25)37-2)18-27(34)33-29(30)32-24(16-19-8-4-3-5-9-19)28(35)31-23-14-13-21-10-6-7-11-22(21)23/h6-7,10-12,15,17,19,23-24H,3-5,8-9,13-14,16,18H2,1-2H3,(H,31,35)(H3,30,32,33,34)/t23-,24+/m0/s1. The molecule has 1 saturated carbocycles. The molecule has 0 spiro atoms. The van der Waals surface area contributed by atoms with Crippen molar-refractivity contribution in [3.05, 3.63) is 59.2 Å². The van der Waals surface area contributed by atoms with E-state index in [1.807, 2.05) is 12.1 Å². The average molecular weight is 507 g/mol. The van der Waals surface area contributed by atoms with E-state index in [-0.39, 0.29) is 30.2 Å². The normalized spacial score (nSPS) is 17.8. The Bertz CT molecular complexity index is 1110. The fraction of sp³-hybridized carbons (Fsp3) is 0.483. The largest absolute Gasteiger partial charge is 0.493 e. The van der Waals surface area contributed by atoms with Gasteiger partial charge in [-0.3, -0.25) is 20.3 Å². The van der Waals surface area contributed by atoms with Crippen molar-refractivity contribution in [2.45, 2.75) is 69.9 Å². The first-order chi connectivity index (χ1) is 18.0. The summed E-state index contributed by atoms with van der Waals surface area (Å²) in [5.41, 5.74) is 3.18. The van der Waals surface area contributed by atoms with Gasteiger partial charge in [0.1, 0.15) is 6.04 Å². The molecule has 0 unspecified atom stereocenters. The number of aryl methyl sites for hydroxylation is 1. The molecule has 1 fully saturated rings. The molecule has 2 amide bonds. The molecule has 198 valence electrons. The van der Waals surface area contributed by atoms with E-state index in [0.29, 0.717) is 23.8 Å². The minimum Gasteiger partial charge on any atom is -0.493 e. The Balaban J connectivity index is 1.37. The average Bonchev–Trinajstić information content (AvgIpc) is 3.31. The molecule has 0 radical (unpaired) electrons. The third-order valence-corrected chi connectivity index (χ3v) is 7.46. The van der Waals surface area contributed by atoms with E-state index in [0.717, 1.165) is 31.2 Å². The predicted molar refractivity (Wildman–Crippen MR) is 143 cm³/mol. The van der Waals surface area contributed by atoms with Crippen LogP contribution in [0.5, 0.6) is 11.5 Å². The van der Waals surface area contributed by atoms with Gasteiger partial charge in [0.25, 0.3) is 0 Å². The maximum atomic E-state index is 13.4. The fourth-order valence-electron chi connectivity index (χ4n) is 5.54. The maximum absolute atomic E-state index is 13.4. The van der Waals surface area contributed by atoms with Crippen LogP contribution in [0.25, 0.3) is 0 Å². The minimum atomic E-state index is -0.579. The molecule has 2 aromatic carbocycles. The van der Waals surface area contributed by atoms with E-state index in [1.165, 1.54) is 30.4 Å². The Morgan fingerprint density at radius 2 is 1.76 bits per heavy atom. The van der Waals surface area contributed by atoms with Gasteiger partial charge in [0.05, 0.1) is 26.7 Å². The summed E-state index contributed by atoms with van der Waals surface area (Å²) >= 11 is 0. The molecule has 8 heteroatoms. The number of carbonyl (C=O) groups excluding carboxylic acids is 2. The van der Waals surface area contributed by atoms with Gasteiger partial charge in [-0.2, -0.15) is 0 Å². The van der Waals surface area contributed by atoms with E-state index in [4.69, 9.17) is 14.9 Å². The van der Waals surface area contributed by atoms with Crippen LogP contribution in [0.3, 0.4) is 0 Å². The van der Waals surface area contributed by atoms with Gasteiger partial charge in [-0.15, -0.1) is 0 Å². The van der Waals surface area contributed by atoms with Crippen LogP contribution in [-0.2, 0) is 22.4 Å². The number of nitrogens with one attached hydrogen (secondary N) is 4. The molecule has 0 aliphatic heterocycles. The van der Waals surface area contributed by atoms with Gasteiger partial charge < -0.3 is 20.1 Å². The molecule has 0 heterocycles. The van der Waals surface area contributed by atoms with Crippen LogP contribution in [0.4, 0.5) is 0 Å². The minimum absolute atomic E-state index is 0.0202. The molecule has 2 atom stereocenters. The summed E-state index contributed by atoms with van der Waals surface area (Å²) in [4.78, 5) is 26.1. The van der Waals surface area contributed by atoms with Gasteiger partial charge in [0.2, 0.25) is 11.8 Å². The zero-order valence-electron chi connectivity index (χ0n) is 21.8. The molecule has 2 aliphatic rings. The lowest BCUT2D eigenvalue weighted by molar-refractivity contribution is -0.124. The molecular weight excluding hydrogens is 468 g/mol. The number of methoxy groups -OCH3 is 2. The maximum Gasteiger partial charge on any atom is 0.243 e. The lowest BCUT2D eigenvalue weighted by atomic mass is 9.84. The van der Waals surface area contributed by atoms with Crippen molar-refractivity contribution >= 4 is 17.8 Å². The Hall–Kier alpha value is -3.55. The first-order valence-electron chi connectivity index (χ1n) is 13.2. The van der Waals surface area contributed by atoms with E-state index in [2.05, 4.69) is 28.1 Å². The van der Waals surface area contributed by atoms with Crippen LogP contribution in [0.1, 0.15) is 67.7 Å². The van der Waals surface area contributed by atoms with Gasteiger partial charge >= 0.3 is 0 Å². The lowest BCUT2D eigenvalue weighted by Gasteiger charge is -2.28. The van der Waals surface area contributed by atoms with Crippen LogP contribution in [0, 0.1) is 11.3 Å². The number of benzene rings is 2. The molecular formula is C29H38N4O4. The number of guanidine groups is 1. The summed E-state index contributed by atoms with van der Waals surface area (Å²) in [7, 11) is 3.10. The molecule has 4 rings (SSSR count). The Labute approximate surface area is 219 Å². The van der Waals surface area contributed by atoms with Gasteiger partial charge in [-0.25, -0.2) is 0 Å². The molecule has 4 N–H and O–H groups in total. The Morgan fingerprint density at radius 1 is 1.00 bits per heavy atom. The number of ether oxygens (including phenoxy) is 2. The summed E-state index contributed by atoms with van der Waals surface area (Å²) in [6.07, 6.45) is 8.32. The van der Waals surface area contributed by atoms with Crippen LogP contribution < -0.4 is 25.4 Å². The summed E-state index contributed by atoms with van der Waals surface area (Å²) in [6.45, 7) is 0. The highest BCUT2D eigenvalue weighted by Gasteiger charge is 2.29. The lowest BCUT2D eigenvalue weighted by Crippen LogP contribution is -2.52. The van der Waals surface area contributed by atoms with E-state index >= 15 is 0 Å². The third kappa shape index (κ3) is 7.02. The second-order valence-corrected chi connectivity index (χ2v) is 10.0. The van der Waals surface area contributed by atoms with Gasteiger partial charge in [0, 0.05) is 0 Å². The molecule has 8 nitrogen and oxygen atoms in total. The van der Waals surface area contributed by atoms with Crippen molar-refractivity contribution in [2.75, 3.05) is 14.2 Å². The van der Waals surface area contributed by atoms with E-state index in [9.17, 15) is 9.59 Å². The number of hydrogen-bond donors (Lipinski definition) is 4. The highest BCUT2D eigenvalue weighted by Crippen LogP contribution is 2.32. The van der Waals surface area contributed by atoms with Gasteiger partial charge in [-0.1, -0.05) is 62.4 Å². The third-order valence-electron chi connectivity index (χ3n) is 7.46. The highest BCUT2D eigenvalue weighted by molar-refractivity contribution is 5.98. The fourth-order valence-corrected chi connectivity index (χ4v) is 5.54. The van der Waals surface area contributed by atoms with Crippen LogP contribution >= 0.6 is 0 Å². The Morgan fingerprint density at radius 3 is 2.51 bits per heavy atom. The van der Waals surface area contributed by atoms with Crippen molar-refractivity contribution in [1.82, 2.24) is 16.0 Å². The summed E-state index contributed by atoms with van der Waals surface area (Å²) in [5.74, 6) is 0.940. The van der Waals surface area contributed by atoms with Crippen LogP contribution in [-0.4, -0.2) is 38.0 Å². The second kappa shape index (κ2) is 12.6. The molecule has 0 aromatic heterocycles. The van der Waals surface area contributed by atoms with Crippen molar-refractivity contribution in [1.29, 1.82) is 5.41 Å². The number of fused-ring (bicyclic) bond motifs is 1. The van der Waals surface area contributed by atoms with E-state index in [1.54, 1.807) is 32.4 Å². The van der Waals surface area contributed by atoms with Crippen LogP contribution in [0.2, 0.25) is 0 Å². The van der Waals surface area contributed by atoms with Crippen molar-refractivity contribution in [2.24, 2.45) is 5.92 Å². The number of carbonyl (C=O) groups is 2. The van der Waals surface area contributed by atoms with Crippen molar-refractivity contribution in [3.8, 4) is 11.5 Å². The van der Waals surface area contributed by atoms with Crippen molar-refractivity contribution in [3.63, 3.8) is 0 Å². The smallest absolute Gasteiger partial charge is 0.243 e. The summed E-state index contributed by atoms with van der Waals surface area (Å²) < 4.78 is 10.6. The van der Waals surface area contributed by atoms with Crippen molar-refractivity contribution < 1.29 is 19.1 Å². The van der Waals surface area contributed by atoms with Gasteiger partial charge in [-0.05, 0) is 54.0 Å². The Kier molecular flexibility index (Phi) is 9.04. The highest BCUT2D eigenvalue weighted by atomic mass is 16.5. The summed E-state index contributed by atoms with van der Waals surface area (Å²) in [6, 6.07) is 12.9. The zero-order valence-corrected chi connectivity index (χ0v) is 21.8. The number of hydrogen-bond acceptors (Lipinski definition) is 5. The van der Waals surface area contributed by atoms with Gasteiger partial charge in [0.15, 0.2) is 17.5 Å². The SMILES string of the molecule is COc1ccc(CC(=O)NC(=N)N[C@H](CC2CCCCC2)C(=O)N[C@H]2CCc3ccccc32)cc1OC. The molecule has 0 bridgehead atoms. The van der Waals surface area contributed by atoms with E-state index < -0.39 is 6.04 Å².